The van der Waals surface area contributed by atoms with Gasteiger partial charge in [0.25, 0.3) is 6.43 Å². The molecule has 0 saturated carbocycles. The van der Waals surface area contributed by atoms with Crippen LogP contribution in [0.15, 0.2) is 16.6 Å². The van der Waals surface area contributed by atoms with E-state index in [0.29, 0.717) is 0 Å². The number of aliphatic hydroxyl groups excluding tert-OH is 1. The van der Waals surface area contributed by atoms with E-state index in [2.05, 4.69) is 20.8 Å². The van der Waals surface area contributed by atoms with E-state index in [9.17, 15) is 18.3 Å². The van der Waals surface area contributed by atoms with Gasteiger partial charge in [-0.25, -0.2) is 13.2 Å². The molecule has 0 radical (unpaired) electrons. The molecule has 1 N–H and O–H groups in total. The van der Waals surface area contributed by atoms with Crippen molar-refractivity contribution in [3.63, 3.8) is 0 Å². The highest BCUT2D eigenvalue weighted by atomic mass is 79.9. The molecule has 0 aliphatic rings. The predicted octanol–water partition coefficient (Wildman–Crippen LogP) is 3.01. The molecule has 1 unspecified atom stereocenters. The molecule has 3 nitrogen and oxygen atoms in total. The molecule has 1 atom stereocenters. The summed E-state index contributed by atoms with van der Waals surface area (Å²) >= 11 is 2.82. The van der Waals surface area contributed by atoms with Crippen molar-refractivity contribution in [3.8, 4) is 0 Å². The Morgan fingerprint density at radius 3 is 2.47 bits per heavy atom. The van der Waals surface area contributed by atoms with E-state index >= 15 is 0 Å². The fourth-order valence-electron chi connectivity index (χ4n) is 1.32. The Morgan fingerprint density at radius 2 is 2.00 bits per heavy atom. The summed E-state index contributed by atoms with van der Waals surface area (Å²) in [5.41, 5.74) is -1.07. The van der Waals surface area contributed by atoms with Crippen molar-refractivity contribution < 1.29 is 23.1 Å². The summed E-state index contributed by atoms with van der Waals surface area (Å²) in [7, 11) is 2.61. The molecule has 7 heteroatoms. The van der Waals surface area contributed by atoms with E-state index in [0.717, 1.165) is 5.06 Å². The number of halogens is 4. The van der Waals surface area contributed by atoms with E-state index in [1.165, 1.54) is 26.3 Å². The molecule has 1 aromatic rings. The smallest absolute Gasteiger partial charge is 0.267 e. The zero-order chi connectivity index (χ0) is 13.2. The van der Waals surface area contributed by atoms with Gasteiger partial charge in [-0.15, -0.1) is 0 Å². The van der Waals surface area contributed by atoms with Gasteiger partial charge >= 0.3 is 0 Å². The second-order valence-electron chi connectivity index (χ2n) is 3.27. The molecule has 0 spiro atoms. The number of alkyl halides is 2. The molecule has 0 bridgehead atoms. The normalized spacial score (nSPS) is 13.5. The Hall–Kier alpha value is -0.630. The van der Waals surface area contributed by atoms with E-state index in [1.807, 2.05) is 0 Å². The molecule has 1 rings (SSSR count). The lowest BCUT2D eigenvalue weighted by Crippen LogP contribution is -2.24. The number of hydroxylamine groups is 2. The summed E-state index contributed by atoms with van der Waals surface area (Å²) in [6.45, 7) is 0. The van der Waals surface area contributed by atoms with Gasteiger partial charge in [-0.3, -0.25) is 4.84 Å². The third kappa shape index (κ3) is 2.98. The van der Waals surface area contributed by atoms with Crippen LogP contribution in [0.4, 0.5) is 13.2 Å². The fraction of sp³-hybridized carbons (Fsp3) is 0.400. The largest absolute Gasteiger partial charge is 0.372 e. The standard InChI is InChI=1S/C10H11BrF3NO2/c1-15(17-2)10(16)5-3-4-6(11)8(12)7(5)9(13)14/h3-4,9-10,16H,1-2H3. The molecule has 0 fully saturated rings. The summed E-state index contributed by atoms with van der Waals surface area (Å²) in [6, 6.07) is 2.47. The number of hydrogen-bond donors (Lipinski definition) is 1. The monoisotopic (exact) mass is 313 g/mol. The highest BCUT2D eigenvalue weighted by Crippen LogP contribution is 2.34. The van der Waals surface area contributed by atoms with Crippen molar-refractivity contribution in [1.82, 2.24) is 5.06 Å². The molecule has 1 aromatic carbocycles. The minimum Gasteiger partial charge on any atom is -0.372 e. The molecule has 0 aromatic heterocycles. The fourth-order valence-corrected chi connectivity index (χ4v) is 1.67. The summed E-state index contributed by atoms with van der Waals surface area (Å²) in [5.74, 6) is -1.08. The molecule has 96 valence electrons. The minimum atomic E-state index is -3.03. The number of benzene rings is 1. The van der Waals surface area contributed by atoms with Crippen LogP contribution in [0, 0.1) is 5.82 Å². The van der Waals surface area contributed by atoms with Crippen LogP contribution in [0.25, 0.3) is 0 Å². The molecular weight excluding hydrogens is 303 g/mol. The Morgan fingerprint density at radius 1 is 1.41 bits per heavy atom. The third-order valence-corrected chi connectivity index (χ3v) is 2.91. The molecule has 0 saturated heterocycles. The van der Waals surface area contributed by atoms with Crippen LogP contribution in [0.5, 0.6) is 0 Å². The van der Waals surface area contributed by atoms with Crippen LogP contribution in [-0.4, -0.2) is 24.3 Å². The zero-order valence-corrected chi connectivity index (χ0v) is 10.7. The highest BCUT2D eigenvalue weighted by molar-refractivity contribution is 9.10. The first-order valence-corrected chi connectivity index (χ1v) is 5.40. The zero-order valence-electron chi connectivity index (χ0n) is 9.12. The number of aliphatic hydroxyl groups is 1. The van der Waals surface area contributed by atoms with Gasteiger partial charge < -0.3 is 5.11 Å². The first kappa shape index (κ1) is 14.4. The first-order chi connectivity index (χ1) is 7.90. The summed E-state index contributed by atoms with van der Waals surface area (Å²) in [6.07, 6.45) is -4.49. The van der Waals surface area contributed by atoms with E-state index < -0.39 is 24.0 Å². The number of rotatable bonds is 4. The second-order valence-corrected chi connectivity index (χ2v) is 4.12. The topological polar surface area (TPSA) is 32.7 Å². The Labute approximate surface area is 105 Å². The summed E-state index contributed by atoms with van der Waals surface area (Å²) in [4.78, 5) is 4.68. The van der Waals surface area contributed by atoms with Crippen LogP contribution < -0.4 is 0 Å². The minimum absolute atomic E-state index is 0.0798. The van der Waals surface area contributed by atoms with Crippen LogP contribution in [0.1, 0.15) is 23.8 Å². The lowest BCUT2D eigenvalue weighted by molar-refractivity contribution is -0.206. The van der Waals surface area contributed by atoms with Gasteiger partial charge in [0.05, 0.1) is 17.1 Å². The van der Waals surface area contributed by atoms with Crippen molar-refractivity contribution >= 4 is 15.9 Å². The van der Waals surface area contributed by atoms with Crippen LogP contribution >= 0.6 is 15.9 Å². The van der Waals surface area contributed by atoms with Gasteiger partial charge in [0.1, 0.15) is 5.82 Å². The molecule has 0 aliphatic carbocycles. The van der Waals surface area contributed by atoms with Gasteiger partial charge in [0, 0.05) is 12.6 Å². The average Bonchev–Trinajstić information content (AvgIpc) is 2.29. The maximum atomic E-state index is 13.5. The lowest BCUT2D eigenvalue weighted by atomic mass is 10.1. The first-order valence-electron chi connectivity index (χ1n) is 4.61. The lowest BCUT2D eigenvalue weighted by Gasteiger charge is -2.23. The average molecular weight is 314 g/mol. The Kier molecular flexibility index (Phi) is 4.93. The molecule has 0 amide bonds. The van der Waals surface area contributed by atoms with E-state index in [-0.39, 0.29) is 10.0 Å². The molecular formula is C10H11BrF3NO2. The van der Waals surface area contributed by atoms with Crippen LogP contribution in [0.2, 0.25) is 0 Å². The quantitative estimate of drug-likeness (QED) is 0.685. The summed E-state index contributed by atoms with van der Waals surface area (Å²) < 4.78 is 39.0. The highest BCUT2D eigenvalue weighted by Gasteiger charge is 2.26. The molecule has 17 heavy (non-hydrogen) atoms. The third-order valence-electron chi connectivity index (χ3n) is 2.30. The van der Waals surface area contributed by atoms with E-state index in [1.54, 1.807) is 0 Å². The summed E-state index contributed by atoms with van der Waals surface area (Å²) in [5, 5.41) is 10.7. The van der Waals surface area contributed by atoms with Gasteiger partial charge in [0.15, 0.2) is 6.23 Å². The predicted molar refractivity (Wildman–Crippen MR) is 58.8 cm³/mol. The SMILES string of the molecule is CON(C)C(O)c1ccc(Br)c(F)c1C(F)F. The number of nitrogens with zero attached hydrogens (tertiary/aromatic N) is 1. The van der Waals surface area contributed by atoms with Gasteiger partial charge in [-0.05, 0) is 22.0 Å². The van der Waals surface area contributed by atoms with Crippen molar-refractivity contribution in [1.29, 1.82) is 0 Å². The number of hydrogen-bond acceptors (Lipinski definition) is 3. The van der Waals surface area contributed by atoms with Crippen molar-refractivity contribution in [2.24, 2.45) is 0 Å². The van der Waals surface area contributed by atoms with E-state index in [4.69, 9.17) is 0 Å². The van der Waals surface area contributed by atoms with Crippen LogP contribution in [0.3, 0.4) is 0 Å². The van der Waals surface area contributed by atoms with Gasteiger partial charge in [0.2, 0.25) is 0 Å². The van der Waals surface area contributed by atoms with Crippen molar-refractivity contribution in [2.75, 3.05) is 14.2 Å². The van der Waals surface area contributed by atoms with Crippen molar-refractivity contribution in [2.45, 2.75) is 12.7 Å². The second kappa shape index (κ2) is 5.81. The molecule has 0 heterocycles. The maximum Gasteiger partial charge on any atom is 0.267 e. The van der Waals surface area contributed by atoms with Gasteiger partial charge in [-0.2, -0.15) is 5.06 Å². The maximum absolute atomic E-state index is 13.5. The van der Waals surface area contributed by atoms with Crippen LogP contribution in [-0.2, 0) is 4.84 Å². The van der Waals surface area contributed by atoms with Gasteiger partial charge in [-0.1, -0.05) is 6.07 Å². The Bertz CT molecular complexity index is 403. The Balaban J connectivity index is 3.28. The van der Waals surface area contributed by atoms with Crippen molar-refractivity contribution in [3.05, 3.63) is 33.5 Å². The molecule has 0 aliphatic heterocycles.